The molecule has 1 N–H and O–H groups in total. The first-order valence-corrected chi connectivity index (χ1v) is 4.03. The summed E-state index contributed by atoms with van der Waals surface area (Å²) in [5, 5.41) is 9.10. The fourth-order valence-corrected chi connectivity index (χ4v) is 1.34. The van der Waals surface area contributed by atoms with E-state index in [-0.39, 0.29) is 13.2 Å². The van der Waals surface area contributed by atoms with Gasteiger partial charge in [-0.3, -0.25) is 4.18 Å². The van der Waals surface area contributed by atoms with Crippen LogP contribution < -0.4 is 0 Å². The molecule has 5 nitrogen and oxygen atoms in total. The van der Waals surface area contributed by atoms with Gasteiger partial charge in [0, 0.05) is 0 Å². The predicted molar refractivity (Wildman–Crippen MR) is 31.7 cm³/mol. The van der Waals surface area contributed by atoms with Gasteiger partial charge < -0.3 is 9.84 Å². The van der Waals surface area contributed by atoms with Crippen molar-refractivity contribution in [3.8, 4) is 0 Å². The Morgan fingerprint density at radius 2 is 2.10 bits per heavy atom. The van der Waals surface area contributed by atoms with Crippen LogP contribution in [0.5, 0.6) is 0 Å². The Bertz CT molecular complexity index is 214. The van der Waals surface area contributed by atoms with Gasteiger partial charge in [0.15, 0.2) is 0 Å². The van der Waals surface area contributed by atoms with Gasteiger partial charge in [-0.1, -0.05) is 0 Å². The van der Waals surface area contributed by atoms with E-state index >= 15 is 0 Å². The minimum Gasteiger partial charge on any atom is -0.373 e. The van der Waals surface area contributed by atoms with E-state index in [1.807, 2.05) is 0 Å². The Balaban J connectivity index is 2.82. The molecule has 0 unspecified atom stereocenters. The predicted octanol–water partition coefficient (Wildman–Crippen LogP) is -1.32. The monoisotopic (exact) mass is 168 g/mol. The molecule has 0 aliphatic carbocycles. The zero-order valence-electron chi connectivity index (χ0n) is 5.40. The maximum atomic E-state index is 10.8. The number of rotatable bonds is 2. The fourth-order valence-electron chi connectivity index (χ4n) is 0.576. The van der Waals surface area contributed by atoms with Crippen molar-refractivity contribution >= 4 is 10.1 Å². The van der Waals surface area contributed by atoms with Crippen molar-refractivity contribution in [2.75, 3.05) is 20.3 Å². The van der Waals surface area contributed by atoms with Crippen LogP contribution in [0.1, 0.15) is 0 Å². The van der Waals surface area contributed by atoms with Crippen molar-refractivity contribution in [3.63, 3.8) is 0 Å². The molecule has 0 saturated carbocycles. The Kier molecular flexibility index (Phi) is 1.71. The second-order valence-corrected chi connectivity index (χ2v) is 4.06. The molecule has 1 aliphatic heterocycles. The quantitative estimate of drug-likeness (QED) is 0.518. The number of ether oxygens (including phenoxy) is 1. The summed E-state index contributed by atoms with van der Waals surface area (Å²) < 4.78 is 30.1. The van der Waals surface area contributed by atoms with Gasteiger partial charge in [0.2, 0.25) is 4.93 Å². The van der Waals surface area contributed by atoms with Crippen LogP contribution in [0.15, 0.2) is 0 Å². The highest BCUT2D eigenvalue weighted by Gasteiger charge is 2.49. The lowest BCUT2D eigenvalue weighted by Crippen LogP contribution is -2.55. The summed E-state index contributed by atoms with van der Waals surface area (Å²) in [4.78, 5) is -1.80. The third-order valence-corrected chi connectivity index (χ3v) is 2.95. The van der Waals surface area contributed by atoms with Gasteiger partial charge >= 0.3 is 10.1 Å². The lowest BCUT2D eigenvalue weighted by Gasteiger charge is -2.33. The fraction of sp³-hybridized carbons (Fsp3) is 1.00. The van der Waals surface area contributed by atoms with E-state index < -0.39 is 15.1 Å². The van der Waals surface area contributed by atoms with Gasteiger partial charge in [0.05, 0.1) is 20.3 Å². The van der Waals surface area contributed by atoms with E-state index in [1.54, 1.807) is 0 Å². The molecule has 1 rings (SSSR count). The molecule has 60 valence electrons. The average molecular weight is 168 g/mol. The second-order valence-electron chi connectivity index (χ2n) is 2.06. The molecule has 0 aromatic rings. The Hall–Kier alpha value is -0.170. The lowest BCUT2D eigenvalue weighted by molar-refractivity contribution is -0.128. The van der Waals surface area contributed by atoms with E-state index in [9.17, 15) is 8.42 Å². The molecule has 0 aromatic heterocycles. The largest absolute Gasteiger partial charge is 0.373 e. The third kappa shape index (κ3) is 0.929. The van der Waals surface area contributed by atoms with Crippen LogP contribution in [0.4, 0.5) is 0 Å². The molecule has 10 heavy (non-hydrogen) atoms. The molecule has 1 aliphatic rings. The molecule has 0 bridgehead atoms. The normalized spacial score (nSPS) is 23.8. The van der Waals surface area contributed by atoms with Crippen LogP contribution in [0.2, 0.25) is 0 Å². The molecule has 1 heterocycles. The molecule has 1 saturated heterocycles. The highest BCUT2D eigenvalue weighted by Crippen LogP contribution is 2.24. The van der Waals surface area contributed by atoms with E-state index in [4.69, 9.17) is 5.11 Å². The van der Waals surface area contributed by atoms with E-state index in [2.05, 4.69) is 8.92 Å². The number of aliphatic hydroxyl groups is 1. The SMILES string of the molecule is COS(=O)(=O)C1(O)COC1. The molecule has 1 fully saturated rings. The van der Waals surface area contributed by atoms with Crippen molar-refractivity contribution in [1.82, 2.24) is 0 Å². The van der Waals surface area contributed by atoms with Gasteiger partial charge in [0.1, 0.15) is 0 Å². The summed E-state index contributed by atoms with van der Waals surface area (Å²) in [5.74, 6) is 0. The van der Waals surface area contributed by atoms with Gasteiger partial charge in [-0.15, -0.1) is 0 Å². The Labute approximate surface area is 58.7 Å². The molecule has 0 atom stereocenters. The summed E-state index contributed by atoms with van der Waals surface area (Å²) in [6.07, 6.45) is 0. The average Bonchev–Trinajstić information content (AvgIpc) is 1.82. The van der Waals surface area contributed by atoms with Gasteiger partial charge in [-0.05, 0) is 0 Å². The molecule has 0 spiro atoms. The first-order chi connectivity index (χ1) is 4.52. The zero-order valence-corrected chi connectivity index (χ0v) is 6.22. The minimum atomic E-state index is -3.83. The van der Waals surface area contributed by atoms with E-state index in [0.717, 1.165) is 7.11 Å². The highest BCUT2D eigenvalue weighted by atomic mass is 32.2. The summed E-state index contributed by atoms with van der Waals surface area (Å²) in [6, 6.07) is 0. The second kappa shape index (κ2) is 2.16. The third-order valence-electron chi connectivity index (χ3n) is 1.34. The van der Waals surface area contributed by atoms with Gasteiger partial charge in [0.25, 0.3) is 0 Å². The van der Waals surface area contributed by atoms with Crippen LogP contribution in [0.25, 0.3) is 0 Å². The van der Waals surface area contributed by atoms with Crippen molar-refractivity contribution in [2.24, 2.45) is 0 Å². The van der Waals surface area contributed by atoms with E-state index in [0.29, 0.717) is 0 Å². The number of hydrogen-bond acceptors (Lipinski definition) is 5. The molecular weight excluding hydrogens is 160 g/mol. The topological polar surface area (TPSA) is 72.8 Å². The number of hydrogen-bond donors (Lipinski definition) is 1. The van der Waals surface area contributed by atoms with Gasteiger partial charge in [-0.25, -0.2) is 0 Å². The van der Waals surface area contributed by atoms with Crippen LogP contribution in [-0.2, 0) is 19.0 Å². The highest BCUT2D eigenvalue weighted by molar-refractivity contribution is 7.88. The minimum absolute atomic E-state index is 0.205. The first-order valence-electron chi connectivity index (χ1n) is 2.62. The van der Waals surface area contributed by atoms with Crippen LogP contribution in [0.3, 0.4) is 0 Å². The molecule has 0 radical (unpaired) electrons. The van der Waals surface area contributed by atoms with Crippen molar-refractivity contribution in [1.29, 1.82) is 0 Å². The van der Waals surface area contributed by atoms with Crippen molar-refractivity contribution < 1.29 is 22.4 Å². The van der Waals surface area contributed by atoms with Crippen LogP contribution in [0, 0.1) is 0 Å². The smallest absolute Gasteiger partial charge is 0.301 e. The van der Waals surface area contributed by atoms with Crippen molar-refractivity contribution in [2.45, 2.75) is 4.93 Å². The summed E-state index contributed by atoms with van der Waals surface area (Å²) >= 11 is 0. The summed E-state index contributed by atoms with van der Waals surface area (Å²) in [6.45, 7) is -0.410. The molecule has 6 heteroatoms. The Morgan fingerprint density at radius 1 is 1.60 bits per heavy atom. The Morgan fingerprint density at radius 3 is 2.20 bits per heavy atom. The maximum absolute atomic E-state index is 10.8. The van der Waals surface area contributed by atoms with Crippen molar-refractivity contribution in [3.05, 3.63) is 0 Å². The van der Waals surface area contributed by atoms with Crippen LogP contribution >= 0.6 is 0 Å². The zero-order chi connectivity index (χ0) is 7.83. The van der Waals surface area contributed by atoms with Crippen LogP contribution in [-0.4, -0.2) is 38.8 Å². The van der Waals surface area contributed by atoms with Gasteiger partial charge in [-0.2, -0.15) is 8.42 Å². The summed E-state index contributed by atoms with van der Waals surface area (Å²) in [7, 11) is -2.82. The first kappa shape index (κ1) is 7.93. The lowest BCUT2D eigenvalue weighted by atomic mass is 10.3. The standard InChI is InChI=1S/C4H8O5S/c1-8-10(6,7)4(5)2-9-3-4/h5H,2-3H2,1H3. The van der Waals surface area contributed by atoms with E-state index in [1.165, 1.54) is 0 Å². The molecule has 0 aromatic carbocycles. The molecule has 0 amide bonds. The maximum Gasteiger partial charge on any atom is 0.301 e. The summed E-state index contributed by atoms with van der Waals surface area (Å²) in [5.41, 5.74) is 0. The molecular formula is C4H8O5S.